The Morgan fingerprint density at radius 2 is 2.00 bits per heavy atom. The second kappa shape index (κ2) is 6.79. The first-order valence-electron chi connectivity index (χ1n) is 8.57. The molecule has 8 nitrogen and oxygen atoms in total. The van der Waals surface area contributed by atoms with Crippen LogP contribution in [0.5, 0.6) is 0 Å². The quantitative estimate of drug-likeness (QED) is 0.587. The van der Waals surface area contributed by atoms with Gasteiger partial charge in [-0.1, -0.05) is 0 Å². The average Bonchev–Trinajstić information content (AvgIpc) is 3.33. The number of carbonyl (C=O) groups is 2. The minimum atomic E-state index is -3.59. The molecule has 0 radical (unpaired) electrons. The zero-order chi connectivity index (χ0) is 19.1. The Morgan fingerprint density at radius 1 is 1.31 bits per heavy atom. The summed E-state index contributed by atoms with van der Waals surface area (Å²) in [4.78, 5) is 25.2. The van der Waals surface area contributed by atoms with Crippen LogP contribution in [0, 0.1) is 5.92 Å². The van der Waals surface area contributed by atoms with Gasteiger partial charge in [-0.2, -0.15) is 0 Å². The molecule has 2 unspecified atom stereocenters. The molecule has 142 valence electrons. The predicted octanol–water partition coefficient (Wildman–Crippen LogP) is 1.81. The number of anilines is 1. The maximum atomic E-state index is 12.8. The minimum Gasteiger partial charge on any atom is -0.466 e. The van der Waals surface area contributed by atoms with E-state index in [9.17, 15) is 23.1 Å². The summed E-state index contributed by atoms with van der Waals surface area (Å²) in [6, 6.07) is 3.43. The molecule has 1 saturated carbocycles. The number of likely N-dealkylation sites (tertiary alicyclic amines) is 1. The Labute approximate surface area is 151 Å². The van der Waals surface area contributed by atoms with E-state index in [1.807, 2.05) is 0 Å². The van der Waals surface area contributed by atoms with Crippen molar-refractivity contribution in [3.05, 3.63) is 23.8 Å². The van der Waals surface area contributed by atoms with E-state index in [0.717, 1.165) is 4.90 Å². The van der Waals surface area contributed by atoms with Crippen LogP contribution in [0.25, 0.3) is 0 Å². The van der Waals surface area contributed by atoms with Crippen molar-refractivity contribution in [2.45, 2.75) is 42.4 Å². The highest BCUT2D eigenvalue weighted by molar-refractivity contribution is 7.92. The summed E-state index contributed by atoms with van der Waals surface area (Å²) in [6.07, 6.45) is 0.230. The molecule has 9 heteroatoms. The first kappa shape index (κ1) is 18.5. The summed E-state index contributed by atoms with van der Waals surface area (Å²) in [5.74, 6) is -1.29. The number of hydrogen-bond donors (Lipinski definition) is 2. The molecule has 3 rings (SSSR count). The minimum absolute atomic E-state index is 0.0571. The third-order valence-corrected chi connectivity index (χ3v) is 7.19. The van der Waals surface area contributed by atoms with Crippen LogP contribution in [0.1, 0.15) is 37.8 Å². The lowest BCUT2D eigenvalue weighted by molar-refractivity contribution is -0.148. The van der Waals surface area contributed by atoms with Gasteiger partial charge in [0.25, 0.3) is 0 Å². The Hall–Kier alpha value is -2.29. The van der Waals surface area contributed by atoms with E-state index in [2.05, 4.69) is 0 Å². The highest BCUT2D eigenvalue weighted by Crippen LogP contribution is 2.44. The highest BCUT2D eigenvalue weighted by Gasteiger charge is 2.46. The van der Waals surface area contributed by atoms with Crippen molar-refractivity contribution in [2.75, 3.05) is 18.9 Å². The van der Waals surface area contributed by atoms with Crippen molar-refractivity contribution in [1.82, 2.24) is 4.90 Å². The topological polar surface area (TPSA) is 127 Å². The number of sulfone groups is 1. The molecule has 3 N–H and O–H groups in total. The van der Waals surface area contributed by atoms with E-state index in [-0.39, 0.29) is 30.0 Å². The maximum Gasteiger partial charge on any atom is 0.407 e. The largest absolute Gasteiger partial charge is 0.466 e. The molecule has 2 fully saturated rings. The number of amides is 1. The predicted molar refractivity (Wildman–Crippen MR) is 93.3 cm³/mol. The van der Waals surface area contributed by atoms with Crippen LogP contribution in [0.2, 0.25) is 0 Å². The number of carbonyl (C=O) groups excluding carboxylic acids is 1. The number of nitrogens with two attached hydrogens (primary N) is 1. The molecule has 1 amide bonds. The van der Waals surface area contributed by atoms with Gasteiger partial charge < -0.3 is 20.5 Å². The first-order valence-corrected chi connectivity index (χ1v) is 10.1. The molecule has 1 aromatic rings. The second-order valence-corrected chi connectivity index (χ2v) is 8.81. The smallest absolute Gasteiger partial charge is 0.407 e. The van der Waals surface area contributed by atoms with Crippen LogP contribution in [-0.4, -0.2) is 48.9 Å². The number of esters is 1. The van der Waals surface area contributed by atoms with Gasteiger partial charge in [0.05, 0.1) is 28.7 Å². The fourth-order valence-corrected chi connectivity index (χ4v) is 5.38. The lowest BCUT2D eigenvalue weighted by Crippen LogP contribution is -2.34. The molecule has 0 bridgehead atoms. The lowest BCUT2D eigenvalue weighted by Gasteiger charge is -2.27. The van der Waals surface area contributed by atoms with Crippen LogP contribution in [-0.2, 0) is 19.4 Å². The molecule has 1 heterocycles. The van der Waals surface area contributed by atoms with Crippen molar-refractivity contribution in [3.63, 3.8) is 0 Å². The number of carboxylic acid groups (broad SMARTS) is 1. The first-order chi connectivity index (χ1) is 12.3. The van der Waals surface area contributed by atoms with Gasteiger partial charge >= 0.3 is 12.1 Å². The molecule has 1 aliphatic carbocycles. The van der Waals surface area contributed by atoms with Crippen LogP contribution in [0.4, 0.5) is 10.5 Å². The van der Waals surface area contributed by atoms with Gasteiger partial charge in [-0.15, -0.1) is 0 Å². The van der Waals surface area contributed by atoms with E-state index in [4.69, 9.17) is 10.5 Å². The molecule has 0 spiro atoms. The molecular formula is C17H22N2O6S. The number of ether oxygens (including phenoxy) is 1. The lowest BCUT2D eigenvalue weighted by atomic mass is 9.93. The fraction of sp³-hybridized carbons (Fsp3) is 0.529. The molecule has 2 aliphatic rings. The molecular weight excluding hydrogens is 360 g/mol. The van der Waals surface area contributed by atoms with Crippen molar-refractivity contribution in [2.24, 2.45) is 5.92 Å². The standard InChI is InChI=1S/C17H22N2O6S/c1-2-25-16(20)12-7-8-19(17(21)22)15(12)13-9-10(18)3-6-14(13)26(23,24)11-4-5-11/h3,6,9,11-12,15H,2,4-5,7-8,18H2,1H3,(H,21,22). The van der Waals surface area contributed by atoms with Crippen molar-refractivity contribution in [3.8, 4) is 0 Å². The Morgan fingerprint density at radius 3 is 2.58 bits per heavy atom. The third kappa shape index (κ3) is 3.23. The van der Waals surface area contributed by atoms with Crippen LogP contribution >= 0.6 is 0 Å². The van der Waals surface area contributed by atoms with Crippen LogP contribution in [0.15, 0.2) is 23.1 Å². The molecule has 0 aromatic heterocycles. The van der Waals surface area contributed by atoms with Crippen LogP contribution in [0.3, 0.4) is 0 Å². The van der Waals surface area contributed by atoms with E-state index in [1.54, 1.807) is 6.92 Å². The molecule has 2 atom stereocenters. The summed E-state index contributed by atoms with van der Waals surface area (Å²) in [5.41, 5.74) is 6.43. The Bertz CT molecular complexity index is 834. The number of nitrogen functional groups attached to an aromatic ring is 1. The number of rotatable bonds is 5. The molecule has 1 aliphatic heterocycles. The molecule has 1 saturated heterocycles. The second-order valence-electron chi connectivity index (χ2n) is 6.61. The van der Waals surface area contributed by atoms with Crippen molar-refractivity contribution in [1.29, 1.82) is 0 Å². The van der Waals surface area contributed by atoms with E-state index in [1.165, 1.54) is 18.2 Å². The van der Waals surface area contributed by atoms with E-state index < -0.39 is 39.1 Å². The number of benzene rings is 1. The van der Waals surface area contributed by atoms with Crippen molar-refractivity contribution < 1.29 is 27.9 Å². The van der Waals surface area contributed by atoms with Crippen molar-refractivity contribution >= 4 is 27.6 Å². The number of hydrogen-bond acceptors (Lipinski definition) is 6. The monoisotopic (exact) mass is 382 g/mol. The van der Waals surface area contributed by atoms with Gasteiger partial charge in [-0.05, 0) is 49.9 Å². The zero-order valence-electron chi connectivity index (χ0n) is 14.4. The molecule has 26 heavy (non-hydrogen) atoms. The van der Waals surface area contributed by atoms with Gasteiger partial charge in [0.2, 0.25) is 0 Å². The summed E-state index contributed by atoms with van der Waals surface area (Å²) in [5, 5.41) is 9.10. The summed E-state index contributed by atoms with van der Waals surface area (Å²) >= 11 is 0. The maximum absolute atomic E-state index is 12.8. The average molecular weight is 382 g/mol. The van der Waals surface area contributed by atoms with Gasteiger partial charge in [-0.25, -0.2) is 13.2 Å². The highest BCUT2D eigenvalue weighted by atomic mass is 32.2. The zero-order valence-corrected chi connectivity index (χ0v) is 15.2. The van der Waals surface area contributed by atoms with E-state index in [0.29, 0.717) is 18.5 Å². The van der Waals surface area contributed by atoms with Gasteiger partial charge in [-0.3, -0.25) is 4.79 Å². The summed E-state index contributed by atoms with van der Waals surface area (Å²) in [6.45, 7) is 1.96. The summed E-state index contributed by atoms with van der Waals surface area (Å²) in [7, 11) is -3.59. The Kier molecular flexibility index (Phi) is 4.83. The Balaban J connectivity index is 2.12. The SMILES string of the molecule is CCOC(=O)C1CCN(C(=O)O)C1c1cc(N)ccc1S(=O)(=O)C1CC1. The third-order valence-electron chi connectivity index (χ3n) is 4.86. The van der Waals surface area contributed by atoms with Gasteiger partial charge in [0.1, 0.15) is 0 Å². The summed E-state index contributed by atoms with van der Waals surface area (Å²) < 4.78 is 30.8. The fourth-order valence-electron chi connectivity index (χ4n) is 3.50. The van der Waals surface area contributed by atoms with Gasteiger partial charge in [0.15, 0.2) is 9.84 Å². The molecule has 1 aromatic carbocycles. The van der Waals surface area contributed by atoms with E-state index >= 15 is 0 Å². The normalized spacial score (nSPS) is 23.0. The van der Waals surface area contributed by atoms with Crippen LogP contribution < -0.4 is 5.73 Å². The van der Waals surface area contributed by atoms with Gasteiger partial charge in [0, 0.05) is 12.2 Å². The number of nitrogens with zero attached hydrogens (tertiary/aromatic N) is 1.